The molecule has 21 heavy (non-hydrogen) atoms. The van der Waals surface area contributed by atoms with E-state index in [-0.39, 0.29) is 0 Å². The second-order valence-corrected chi connectivity index (χ2v) is 6.38. The van der Waals surface area contributed by atoms with Crippen molar-refractivity contribution in [3.8, 4) is 0 Å². The molecule has 1 atom stereocenters. The molecule has 1 heteroatoms. The molecule has 1 fully saturated rings. The van der Waals surface area contributed by atoms with Gasteiger partial charge in [0.15, 0.2) is 0 Å². The molecule has 0 amide bonds. The molecule has 0 spiro atoms. The summed E-state index contributed by atoms with van der Waals surface area (Å²) in [5.74, 6) is 0.697. The first-order valence-corrected chi connectivity index (χ1v) is 8.03. The van der Waals surface area contributed by atoms with Gasteiger partial charge in [0.1, 0.15) is 5.60 Å². The third-order valence-electron chi connectivity index (χ3n) is 4.95. The van der Waals surface area contributed by atoms with E-state index in [2.05, 4.69) is 49.4 Å². The molecule has 3 rings (SSSR count). The fraction of sp³-hybridized carbons (Fsp3) is 0.400. The van der Waals surface area contributed by atoms with Crippen molar-refractivity contribution in [3.05, 3.63) is 70.8 Å². The second-order valence-electron chi connectivity index (χ2n) is 6.38. The Labute approximate surface area is 127 Å². The van der Waals surface area contributed by atoms with Crippen LogP contribution in [0, 0.1) is 0 Å². The highest BCUT2D eigenvalue weighted by atomic mass is 16.3. The molecular formula is C20H24O. The van der Waals surface area contributed by atoms with Gasteiger partial charge in [0, 0.05) is 0 Å². The molecule has 1 aliphatic carbocycles. The number of aryl methyl sites for hydroxylation is 1. The SMILES string of the molecule is CCc1ccc(C(C)(O)c2cccc(C3CCC3)c2)cc1. The third-order valence-corrected chi connectivity index (χ3v) is 4.95. The van der Waals surface area contributed by atoms with Gasteiger partial charge in [-0.05, 0) is 54.4 Å². The number of benzene rings is 2. The fourth-order valence-electron chi connectivity index (χ4n) is 3.07. The summed E-state index contributed by atoms with van der Waals surface area (Å²) < 4.78 is 0. The Morgan fingerprint density at radius 3 is 2.33 bits per heavy atom. The van der Waals surface area contributed by atoms with Crippen molar-refractivity contribution in [2.75, 3.05) is 0 Å². The van der Waals surface area contributed by atoms with Crippen LogP contribution in [0.1, 0.15) is 61.3 Å². The van der Waals surface area contributed by atoms with E-state index in [1.54, 1.807) is 0 Å². The number of hydrogen-bond donors (Lipinski definition) is 1. The van der Waals surface area contributed by atoms with E-state index in [9.17, 15) is 5.11 Å². The van der Waals surface area contributed by atoms with E-state index < -0.39 is 5.60 Å². The van der Waals surface area contributed by atoms with E-state index in [4.69, 9.17) is 0 Å². The number of rotatable bonds is 4. The largest absolute Gasteiger partial charge is 0.381 e. The van der Waals surface area contributed by atoms with Crippen molar-refractivity contribution in [1.29, 1.82) is 0 Å². The van der Waals surface area contributed by atoms with Crippen LogP contribution in [0.3, 0.4) is 0 Å². The lowest BCUT2D eigenvalue weighted by atomic mass is 9.78. The van der Waals surface area contributed by atoms with Crippen LogP contribution in [-0.2, 0) is 12.0 Å². The van der Waals surface area contributed by atoms with Gasteiger partial charge in [-0.25, -0.2) is 0 Å². The molecule has 1 unspecified atom stereocenters. The van der Waals surface area contributed by atoms with Gasteiger partial charge in [0.2, 0.25) is 0 Å². The Morgan fingerprint density at radius 1 is 1.05 bits per heavy atom. The predicted molar refractivity (Wildman–Crippen MR) is 87.5 cm³/mol. The van der Waals surface area contributed by atoms with E-state index in [0.717, 1.165) is 17.5 Å². The minimum Gasteiger partial charge on any atom is -0.381 e. The molecule has 0 aliphatic heterocycles. The minimum atomic E-state index is -0.925. The lowest BCUT2D eigenvalue weighted by Crippen LogP contribution is -2.23. The maximum atomic E-state index is 11.0. The normalized spacial score (nSPS) is 18.0. The zero-order valence-electron chi connectivity index (χ0n) is 13.0. The number of aliphatic hydroxyl groups is 1. The predicted octanol–water partition coefficient (Wildman–Crippen LogP) is 4.77. The summed E-state index contributed by atoms with van der Waals surface area (Å²) in [6.07, 6.45) is 4.94. The molecule has 0 heterocycles. The highest BCUT2D eigenvalue weighted by Gasteiger charge is 2.27. The quantitative estimate of drug-likeness (QED) is 0.855. The van der Waals surface area contributed by atoms with Crippen LogP contribution >= 0.6 is 0 Å². The first-order chi connectivity index (χ1) is 10.1. The average Bonchev–Trinajstić information content (AvgIpc) is 2.46. The third kappa shape index (κ3) is 2.75. The summed E-state index contributed by atoms with van der Waals surface area (Å²) in [4.78, 5) is 0. The topological polar surface area (TPSA) is 20.2 Å². The van der Waals surface area contributed by atoms with Gasteiger partial charge in [0.25, 0.3) is 0 Å². The molecule has 1 aliphatic rings. The first kappa shape index (κ1) is 14.3. The summed E-state index contributed by atoms with van der Waals surface area (Å²) in [6.45, 7) is 4.04. The summed E-state index contributed by atoms with van der Waals surface area (Å²) in [7, 11) is 0. The second kappa shape index (κ2) is 5.65. The van der Waals surface area contributed by atoms with Crippen LogP contribution in [0.15, 0.2) is 48.5 Å². The first-order valence-electron chi connectivity index (χ1n) is 8.03. The maximum absolute atomic E-state index is 11.0. The highest BCUT2D eigenvalue weighted by molar-refractivity contribution is 5.39. The molecule has 0 bridgehead atoms. The van der Waals surface area contributed by atoms with Crippen molar-refractivity contribution >= 4 is 0 Å². The molecule has 1 nitrogen and oxygen atoms in total. The molecule has 2 aromatic carbocycles. The molecule has 1 saturated carbocycles. The van der Waals surface area contributed by atoms with Gasteiger partial charge in [-0.15, -0.1) is 0 Å². The van der Waals surface area contributed by atoms with Gasteiger partial charge in [-0.2, -0.15) is 0 Å². The Hall–Kier alpha value is -1.60. The van der Waals surface area contributed by atoms with Crippen molar-refractivity contribution < 1.29 is 5.11 Å². The highest BCUT2D eigenvalue weighted by Crippen LogP contribution is 2.38. The van der Waals surface area contributed by atoms with Crippen molar-refractivity contribution in [2.24, 2.45) is 0 Å². The maximum Gasteiger partial charge on any atom is 0.112 e. The summed E-state index contributed by atoms with van der Waals surface area (Å²) in [5.41, 5.74) is 3.72. The zero-order valence-corrected chi connectivity index (χ0v) is 13.0. The van der Waals surface area contributed by atoms with Crippen LogP contribution in [0.5, 0.6) is 0 Å². The lowest BCUT2D eigenvalue weighted by Gasteiger charge is -2.29. The molecule has 110 valence electrons. The molecule has 1 N–H and O–H groups in total. The minimum absolute atomic E-state index is 0.697. The van der Waals surface area contributed by atoms with E-state index >= 15 is 0 Å². The van der Waals surface area contributed by atoms with E-state index in [1.807, 2.05) is 13.0 Å². The van der Waals surface area contributed by atoms with Crippen LogP contribution in [0.2, 0.25) is 0 Å². The molecule has 0 saturated heterocycles. The van der Waals surface area contributed by atoms with Gasteiger partial charge in [-0.3, -0.25) is 0 Å². The molecular weight excluding hydrogens is 256 g/mol. The van der Waals surface area contributed by atoms with Crippen LogP contribution in [0.4, 0.5) is 0 Å². The summed E-state index contributed by atoms with van der Waals surface area (Å²) in [5, 5.41) is 11.0. The monoisotopic (exact) mass is 280 g/mol. The van der Waals surface area contributed by atoms with Gasteiger partial charge in [0.05, 0.1) is 0 Å². The molecule has 0 radical (unpaired) electrons. The van der Waals surface area contributed by atoms with Crippen molar-refractivity contribution in [2.45, 2.75) is 51.0 Å². The molecule has 0 aromatic heterocycles. The van der Waals surface area contributed by atoms with Crippen molar-refractivity contribution in [3.63, 3.8) is 0 Å². The Kier molecular flexibility index (Phi) is 3.86. The Bertz CT molecular complexity index is 606. The standard InChI is InChI=1S/C20H24O/c1-3-15-10-12-18(13-11-15)20(2,21)19-9-5-8-17(14-19)16-6-4-7-16/h5,8-14,16,21H,3-4,6-7H2,1-2H3. The summed E-state index contributed by atoms with van der Waals surface area (Å²) in [6, 6.07) is 16.8. The fourth-order valence-corrected chi connectivity index (χ4v) is 3.07. The Morgan fingerprint density at radius 2 is 1.76 bits per heavy atom. The van der Waals surface area contributed by atoms with Crippen LogP contribution in [-0.4, -0.2) is 5.11 Å². The van der Waals surface area contributed by atoms with Gasteiger partial charge < -0.3 is 5.11 Å². The summed E-state index contributed by atoms with van der Waals surface area (Å²) >= 11 is 0. The Balaban J connectivity index is 1.92. The van der Waals surface area contributed by atoms with Gasteiger partial charge >= 0.3 is 0 Å². The molecule has 2 aromatic rings. The van der Waals surface area contributed by atoms with E-state index in [1.165, 1.54) is 30.4 Å². The van der Waals surface area contributed by atoms with Crippen LogP contribution in [0.25, 0.3) is 0 Å². The average molecular weight is 280 g/mol. The smallest absolute Gasteiger partial charge is 0.112 e. The van der Waals surface area contributed by atoms with Crippen LogP contribution < -0.4 is 0 Å². The van der Waals surface area contributed by atoms with Gasteiger partial charge in [-0.1, -0.05) is 61.9 Å². The lowest BCUT2D eigenvalue weighted by molar-refractivity contribution is 0.102. The van der Waals surface area contributed by atoms with Crippen molar-refractivity contribution in [1.82, 2.24) is 0 Å². The number of hydrogen-bond acceptors (Lipinski definition) is 1. The zero-order chi connectivity index (χ0) is 14.9. The van der Waals surface area contributed by atoms with E-state index in [0.29, 0.717) is 5.92 Å².